The molecule has 0 amide bonds. The molecule has 7 heteroatoms. The Morgan fingerprint density at radius 1 is 1.23 bits per heavy atom. The predicted molar refractivity (Wildman–Crippen MR) is 78.5 cm³/mol. The number of hydrogen-bond donors (Lipinski definition) is 0. The first kappa shape index (κ1) is 16.7. The Labute approximate surface area is 131 Å². The fraction of sp³-hybridized carbons (Fsp3) is 0.333. The average Bonchev–Trinajstić information content (AvgIpc) is 2.47. The molecule has 0 bridgehead atoms. The summed E-state index contributed by atoms with van der Waals surface area (Å²) in [5, 5.41) is -0.279. The molecule has 0 N–H and O–H groups in total. The molecule has 0 saturated heterocycles. The van der Waals surface area contributed by atoms with Crippen LogP contribution in [0.5, 0.6) is 0 Å². The predicted octanol–water partition coefficient (Wildman–Crippen LogP) is 3.82. The molecule has 0 spiro atoms. The van der Waals surface area contributed by atoms with Gasteiger partial charge in [0.1, 0.15) is 0 Å². The molecule has 0 aliphatic heterocycles. The van der Waals surface area contributed by atoms with Crippen molar-refractivity contribution in [3.05, 3.63) is 58.6 Å². The molecule has 0 fully saturated rings. The van der Waals surface area contributed by atoms with E-state index in [1.165, 1.54) is 6.07 Å². The van der Waals surface area contributed by atoms with Crippen LogP contribution in [0, 0.1) is 0 Å². The zero-order valence-corrected chi connectivity index (χ0v) is 12.7. The standard InChI is InChI=1S/C15H15ClF3N3/c1-22(7-4-12-9-20-5-6-21-12)10-11-2-3-14(16)13(8-11)15(17,18)19/h2-3,5-6,8-9H,4,7,10H2,1H3. The zero-order valence-electron chi connectivity index (χ0n) is 11.9. The van der Waals surface area contributed by atoms with Crippen LogP contribution in [-0.4, -0.2) is 28.5 Å². The molecule has 0 aliphatic rings. The van der Waals surface area contributed by atoms with Crippen LogP contribution in [0.15, 0.2) is 36.8 Å². The second-order valence-corrected chi connectivity index (χ2v) is 5.40. The van der Waals surface area contributed by atoms with Crippen LogP contribution in [0.25, 0.3) is 0 Å². The minimum absolute atomic E-state index is 0.279. The van der Waals surface area contributed by atoms with E-state index in [4.69, 9.17) is 11.6 Å². The summed E-state index contributed by atoms with van der Waals surface area (Å²) in [6.45, 7) is 1.07. The van der Waals surface area contributed by atoms with Gasteiger partial charge in [0.2, 0.25) is 0 Å². The van der Waals surface area contributed by atoms with Gasteiger partial charge in [0, 0.05) is 38.1 Å². The molecule has 0 unspecified atom stereocenters. The van der Waals surface area contributed by atoms with Crippen molar-refractivity contribution >= 4 is 11.6 Å². The molecule has 22 heavy (non-hydrogen) atoms. The van der Waals surface area contributed by atoms with Crippen molar-refractivity contribution in [1.82, 2.24) is 14.9 Å². The number of aromatic nitrogens is 2. The molecule has 118 valence electrons. The smallest absolute Gasteiger partial charge is 0.302 e. The van der Waals surface area contributed by atoms with E-state index >= 15 is 0 Å². The van der Waals surface area contributed by atoms with Gasteiger partial charge in [0.05, 0.1) is 16.3 Å². The number of benzene rings is 1. The Morgan fingerprint density at radius 2 is 2.00 bits per heavy atom. The number of halogens is 4. The van der Waals surface area contributed by atoms with E-state index in [1.807, 2.05) is 11.9 Å². The molecule has 0 atom stereocenters. The molecule has 0 radical (unpaired) electrons. The molecule has 2 rings (SSSR count). The van der Waals surface area contributed by atoms with Crippen molar-refractivity contribution in [2.45, 2.75) is 19.1 Å². The molecule has 3 nitrogen and oxygen atoms in total. The number of rotatable bonds is 5. The summed E-state index contributed by atoms with van der Waals surface area (Å²) in [5.41, 5.74) is 0.619. The number of hydrogen-bond acceptors (Lipinski definition) is 3. The molecule has 2 aromatic rings. The highest BCUT2D eigenvalue weighted by molar-refractivity contribution is 6.31. The van der Waals surface area contributed by atoms with Gasteiger partial charge in [-0.2, -0.15) is 13.2 Å². The molecule has 0 saturated carbocycles. The van der Waals surface area contributed by atoms with Crippen molar-refractivity contribution in [2.24, 2.45) is 0 Å². The van der Waals surface area contributed by atoms with Gasteiger partial charge >= 0.3 is 6.18 Å². The van der Waals surface area contributed by atoms with Crippen LogP contribution >= 0.6 is 11.6 Å². The van der Waals surface area contributed by atoms with Crippen LogP contribution < -0.4 is 0 Å². The largest absolute Gasteiger partial charge is 0.417 e. The van der Waals surface area contributed by atoms with Crippen molar-refractivity contribution in [3.63, 3.8) is 0 Å². The van der Waals surface area contributed by atoms with Gasteiger partial charge in [0.15, 0.2) is 0 Å². The first-order chi connectivity index (χ1) is 10.4. The average molecular weight is 330 g/mol. The van der Waals surface area contributed by atoms with Crippen molar-refractivity contribution in [3.8, 4) is 0 Å². The van der Waals surface area contributed by atoms with Crippen LogP contribution in [0.3, 0.4) is 0 Å². The number of alkyl halides is 3. The van der Waals surface area contributed by atoms with Gasteiger partial charge in [-0.05, 0) is 24.7 Å². The molecule has 1 heterocycles. The molecule has 1 aromatic heterocycles. The summed E-state index contributed by atoms with van der Waals surface area (Å²) >= 11 is 5.61. The minimum atomic E-state index is -4.44. The van der Waals surface area contributed by atoms with E-state index in [0.717, 1.165) is 11.8 Å². The first-order valence-electron chi connectivity index (χ1n) is 6.65. The van der Waals surface area contributed by atoms with Crippen LogP contribution in [0.1, 0.15) is 16.8 Å². The van der Waals surface area contributed by atoms with Gasteiger partial charge in [-0.1, -0.05) is 17.7 Å². The molecular formula is C15H15ClF3N3. The SMILES string of the molecule is CN(CCc1cnccn1)Cc1ccc(Cl)c(C(F)(F)F)c1. The van der Waals surface area contributed by atoms with Crippen molar-refractivity contribution in [2.75, 3.05) is 13.6 Å². The van der Waals surface area contributed by atoms with Gasteiger partial charge in [-0.15, -0.1) is 0 Å². The van der Waals surface area contributed by atoms with E-state index in [-0.39, 0.29) is 5.02 Å². The van der Waals surface area contributed by atoms with E-state index in [1.54, 1.807) is 24.7 Å². The van der Waals surface area contributed by atoms with E-state index in [0.29, 0.717) is 25.1 Å². The summed E-state index contributed by atoms with van der Waals surface area (Å²) in [6, 6.07) is 3.99. The van der Waals surface area contributed by atoms with E-state index in [2.05, 4.69) is 9.97 Å². The third-order valence-corrected chi connectivity index (χ3v) is 3.48. The Bertz CT molecular complexity index is 617. The Kier molecular flexibility index (Phi) is 5.37. The summed E-state index contributed by atoms with van der Waals surface area (Å²) < 4.78 is 38.5. The minimum Gasteiger partial charge on any atom is -0.302 e. The van der Waals surface area contributed by atoms with Crippen LogP contribution in [0.2, 0.25) is 5.02 Å². The normalized spacial score (nSPS) is 11.9. The molecule has 0 aliphatic carbocycles. The lowest BCUT2D eigenvalue weighted by Crippen LogP contribution is -2.21. The molecule has 1 aromatic carbocycles. The lowest BCUT2D eigenvalue weighted by molar-refractivity contribution is -0.137. The lowest BCUT2D eigenvalue weighted by Gasteiger charge is -2.18. The van der Waals surface area contributed by atoms with Crippen LogP contribution in [-0.2, 0) is 19.1 Å². The van der Waals surface area contributed by atoms with Crippen molar-refractivity contribution < 1.29 is 13.2 Å². The summed E-state index contributed by atoms with van der Waals surface area (Å²) in [6.07, 6.45) is 1.14. The maximum Gasteiger partial charge on any atom is 0.417 e. The highest BCUT2D eigenvalue weighted by Gasteiger charge is 2.33. The van der Waals surface area contributed by atoms with Gasteiger partial charge in [-0.3, -0.25) is 9.97 Å². The van der Waals surface area contributed by atoms with Gasteiger partial charge in [-0.25, -0.2) is 0 Å². The Morgan fingerprint density at radius 3 is 2.64 bits per heavy atom. The third kappa shape index (κ3) is 4.68. The molecular weight excluding hydrogens is 315 g/mol. The third-order valence-electron chi connectivity index (χ3n) is 3.15. The van der Waals surface area contributed by atoms with E-state index in [9.17, 15) is 13.2 Å². The zero-order chi connectivity index (χ0) is 16.2. The highest BCUT2D eigenvalue weighted by atomic mass is 35.5. The Hall–Kier alpha value is -1.66. The monoisotopic (exact) mass is 329 g/mol. The second kappa shape index (κ2) is 7.07. The van der Waals surface area contributed by atoms with Gasteiger partial charge < -0.3 is 4.90 Å². The fourth-order valence-corrected chi connectivity index (χ4v) is 2.27. The van der Waals surface area contributed by atoms with Crippen molar-refractivity contribution in [1.29, 1.82) is 0 Å². The number of likely N-dealkylation sites (N-methyl/N-ethyl adjacent to an activating group) is 1. The maximum atomic E-state index is 12.8. The van der Waals surface area contributed by atoms with Crippen LogP contribution in [0.4, 0.5) is 13.2 Å². The number of nitrogens with zero attached hydrogens (tertiary/aromatic N) is 3. The topological polar surface area (TPSA) is 29.0 Å². The first-order valence-corrected chi connectivity index (χ1v) is 7.03. The summed E-state index contributed by atoms with van der Waals surface area (Å²) in [4.78, 5) is 10.1. The fourth-order valence-electron chi connectivity index (χ4n) is 2.04. The summed E-state index contributed by atoms with van der Waals surface area (Å²) in [7, 11) is 1.85. The quantitative estimate of drug-likeness (QED) is 0.835. The maximum absolute atomic E-state index is 12.8. The van der Waals surface area contributed by atoms with E-state index < -0.39 is 11.7 Å². The van der Waals surface area contributed by atoms with Gasteiger partial charge in [0.25, 0.3) is 0 Å². The highest BCUT2D eigenvalue weighted by Crippen LogP contribution is 2.35. The lowest BCUT2D eigenvalue weighted by atomic mass is 10.1. The summed E-state index contributed by atoms with van der Waals surface area (Å²) in [5.74, 6) is 0. The Balaban J connectivity index is 1.98. The second-order valence-electron chi connectivity index (χ2n) is 5.00.